The number of carbonyl (C=O) groups excluding carboxylic acids is 4. The molecule has 1 aliphatic rings. The van der Waals surface area contributed by atoms with Crippen molar-refractivity contribution in [2.45, 2.75) is 58.3 Å². The van der Waals surface area contributed by atoms with Crippen LogP contribution in [-0.2, 0) is 42.9 Å². The molecule has 0 unspecified atom stereocenters. The number of aromatic nitrogens is 1. The summed E-state index contributed by atoms with van der Waals surface area (Å²) in [4.78, 5) is 63.2. The second-order valence-electron chi connectivity index (χ2n) is 10.3. The third-order valence-corrected chi connectivity index (χ3v) is 7.05. The van der Waals surface area contributed by atoms with E-state index in [-0.39, 0.29) is 11.3 Å². The average Bonchev–Trinajstić information content (AvgIpc) is 3.01. The smallest absolute Gasteiger partial charge is 0.303 e. The van der Waals surface area contributed by atoms with Gasteiger partial charge in [0.2, 0.25) is 0 Å². The summed E-state index contributed by atoms with van der Waals surface area (Å²) >= 11 is 0. The zero-order chi connectivity index (χ0) is 33.5. The molecule has 46 heavy (non-hydrogen) atoms. The number of nitrogens with zero attached hydrogens (tertiary/aromatic N) is 2. The van der Waals surface area contributed by atoms with E-state index in [4.69, 9.17) is 28.4 Å². The molecule has 0 radical (unpaired) electrons. The number of ether oxygens (including phenoxy) is 6. The average molecular weight is 633 g/mol. The molecule has 3 aromatic rings. The number of rotatable bonds is 9. The van der Waals surface area contributed by atoms with Gasteiger partial charge >= 0.3 is 23.9 Å². The Morgan fingerprint density at radius 3 is 1.93 bits per heavy atom. The van der Waals surface area contributed by atoms with Crippen molar-refractivity contribution >= 4 is 23.9 Å². The SMILES string of the molecule is COc1ccc(-c2cc(-c3ccccc3)c(C#N)c(=O)n2[C@@H]2O[C@H](COC(C)=O)[C@H](OC(C)=O)[C@H](OC(C)=O)[C@H]2OC(C)=O)cc1. The second kappa shape index (κ2) is 14.5. The third kappa shape index (κ3) is 7.41. The van der Waals surface area contributed by atoms with Crippen LogP contribution in [0.3, 0.4) is 0 Å². The number of hydrogen-bond acceptors (Lipinski definition) is 12. The van der Waals surface area contributed by atoms with E-state index < -0.39 is 66.7 Å². The van der Waals surface area contributed by atoms with Gasteiger partial charge in [-0.15, -0.1) is 0 Å². The number of methoxy groups -OCH3 is 1. The third-order valence-electron chi connectivity index (χ3n) is 7.05. The molecule has 1 aromatic heterocycles. The van der Waals surface area contributed by atoms with E-state index in [9.17, 15) is 29.2 Å². The maximum atomic E-state index is 14.4. The maximum absolute atomic E-state index is 14.4. The quantitative estimate of drug-likeness (QED) is 0.250. The van der Waals surface area contributed by atoms with Crippen molar-refractivity contribution in [2.24, 2.45) is 0 Å². The van der Waals surface area contributed by atoms with Crippen LogP contribution < -0.4 is 10.3 Å². The summed E-state index contributed by atoms with van der Waals surface area (Å²) in [5.41, 5.74) is 0.533. The molecule has 1 fully saturated rings. The summed E-state index contributed by atoms with van der Waals surface area (Å²) in [5.74, 6) is -2.62. The summed E-state index contributed by atoms with van der Waals surface area (Å²) in [7, 11) is 1.50. The van der Waals surface area contributed by atoms with E-state index in [1.165, 1.54) is 7.11 Å². The lowest BCUT2D eigenvalue weighted by Gasteiger charge is -2.45. The number of hydrogen-bond donors (Lipinski definition) is 0. The molecule has 2 heterocycles. The molecule has 0 N–H and O–H groups in total. The van der Waals surface area contributed by atoms with Gasteiger partial charge in [0.1, 0.15) is 30.1 Å². The van der Waals surface area contributed by atoms with Crippen LogP contribution >= 0.6 is 0 Å². The fourth-order valence-electron chi connectivity index (χ4n) is 5.23. The molecule has 1 aliphatic heterocycles. The molecule has 0 aliphatic carbocycles. The van der Waals surface area contributed by atoms with Crippen molar-refractivity contribution in [2.75, 3.05) is 13.7 Å². The van der Waals surface area contributed by atoms with Gasteiger partial charge in [-0.05, 0) is 41.5 Å². The number of nitriles is 1. The van der Waals surface area contributed by atoms with Crippen LogP contribution in [0.5, 0.6) is 5.75 Å². The highest BCUT2D eigenvalue weighted by Gasteiger charge is 2.53. The first kappa shape index (κ1) is 33.4. The van der Waals surface area contributed by atoms with Gasteiger partial charge in [-0.2, -0.15) is 5.26 Å². The van der Waals surface area contributed by atoms with Gasteiger partial charge < -0.3 is 28.4 Å². The first-order valence-electron chi connectivity index (χ1n) is 14.1. The standard InChI is InChI=1S/C33H32N2O11/c1-18(36)42-17-28-29(43-19(2)37)30(44-20(3)38)31(45-21(4)39)33(46-28)35-27(23-11-13-24(41-5)14-12-23)15-25(26(16-34)32(35)40)22-9-7-6-8-10-22/h6-15,28-31,33H,17H2,1-5H3/t28-,29+,30+,31-,33-/m1/s1. The summed E-state index contributed by atoms with van der Waals surface area (Å²) in [6, 6.07) is 19.1. The molecule has 13 heteroatoms. The summed E-state index contributed by atoms with van der Waals surface area (Å²) < 4.78 is 34.5. The van der Waals surface area contributed by atoms with Crippen LogP contribution in [-0.4, -0.2) is 66.6 Å². The molecule has 13 nitrogen and oxygen atoms in total. The first-order chi connectivity index (χ1) is 21.9. The van der Waals surface area contributed by atoms with Crippen molar-refractivity contribution in [3.63, 3.8) is 0 Å². The molecular formula is C33H32N2O11. The lowest BCUT2D eigenvalue weighted by atomic mass is 9.94. The summed E-state index contributed by atoms with van der Waals surface area (Å²) in [6.07, 6.45) is -7.44. The number of benzene rings is 2. The van der Waals surface area contributed by atoms with E-state index >= 15 is 0 Å². The van der Waals surface area contributed by atoms with Crippen molar-refractivity contribution in [3.05, 3.63) is 76.6 Å². The van der Waals surface area contributed by atoms with E-state index in [0.29, 0.717) is 22.4 Å². The monoisotopic (exact) mass is 632 g/mol. The van der Waals surface area contributed by atoms with Gasteiger partial charge in [-0.1, -0.05) is 30.3 Å². The molecular weight excluding hydrogens is 600 g/mol. The Hall–Kier alpha value is -5.48. The van der Waals surface area contributed by atoms with Gasteiger partial charge in [0.05, 0.1) is 12.8 Å². The van der Waals surface area contributed by atoms with E-state index in [1.54, 1.807) is 60.7 Å². The van der Waals surface area contributed by atoms with Gasteiger partial charge in [0.25, 0.3) is 5.56 Å². The first-order valence-corrected chi connectivity index (χ1v) is 14.1. The second-order valence-corrected chi connectivity index (χ2v) is 10.3. The van der Waals surface area contributed by atoms with E-state index in [1.807, 2.05) is 6.07 Å². The molecule has 2 aromatic carbocycles. The minimum atomic E-state index is -1.58. The summed E-state index contributed by atoms with van der Waals surface area (Å²) in [6.45, 7) is 3.96. The number of pyridine rings is 1. The molecule has 240 valence electrons. The largest absolute Gasteiger partial charge is 0.497 e. The predicted molar refractivity (Wildman–Crippen MR) is 160 cm³/mol. The fraction of sp³-hybridized carbons (Fsp3) is 0.333. The number of carbonyl (C=O) groups is 4. The van der Waals surface area contributed by atoms with Crippen LogP contribution in [0, 0.1) is 11.3 Å². The van der Waals surface area contributed by atoms with E-state index in [2.05, 4.69) is 0 Å². The van der Waals surface area contributed by atoms with Crippen LogP contribution in [0.4, 0.5) is 0 Å². The molecule has 0 spiro atoms. The van der Waals surface area contributed by atoms with Crippen molar-refractivity contribution < 1.29 is 47.6 Å². The van der Waals surface area contributed by atoms with Gasteiger partial charge in [-0.25, -0.2) is 0 Å². The zero-order valence-electron chi connectivity index (χ0n) is 25.8. The Bertz CT molecular complexity index is 1710. The van der Waals surface area contributed by atoms with Crippen LogP contribution in [0.2, 0.25) is 0 Å². The Kier molecular flexibility index (Phi) is 10.6. The van der Waals surface area contributed by atoms with Gasteiger partial charge in [0.15, 0.2) is 24.5 Å². The van der Waals surface area contributed by atoms with Crippen LogP contribution in [0.25, 0.3) is 22.4 Å². The highest BCUT2D eigenvalue weighted by Crippen LogP contribution is 2.38. The Morgan fingerprint density at radius 1 is 0.804 bits per heavy atom. The van der Waals surface area contributed by atoms with E-state index in [0.717, 1.165) is 32.3 Å². The number of esters is 4. The van der Waals surface area contributed by atoms with Crippen LogP contribution in [0.1, 0.15) is 39.5 Å². The van der Waals surface area contributed by atoms with Crippen molar-refractivity contribution in [3.8, 4) is 34.2 Å². The Labute approximate surface area is 264 Å². The molecule has 4 rings (SSSR count). The minimum absolute atomic E-state index is 0.228. The fourth-order valence-corrected chi connectivity index (χ4v) is 5.23. The maximum Gasteiger partial charge on any atom is 0.303 e. The van der Waals surface area contributed by atoms with Crippen molar-refractivity contribution in [1.82, 2.24) is 4.57 Å². The predicted octanol–water partition coefficient (Wildman–Crippen LogP) is 3.32. The topological polar surface area (TPSA) is 169 Å². The minimum Gasteiger partial charge on any atom is -0.497 e. The molecule has 0 amide bonds. The lowest BCUT2D eigenvalue weighted by Crippen LogP contribution is -2.61. The molecule has 1 saturated heterocycles. The normalized spacial score (nSPS) is 20.5. The van der Waals surface area contributed by atoms with Crippen molar-refractivity contribution in [1.29, 1.82) is 5.26 Å². The molecule has 0 bridgehead atoms. The Balaban J connectivity index is 2.05. The molecule has 0 saturated carbocycles. The highest BCUT2D eigenvalue weighted by molar-refractivity contribution is 5.76. The zero-order valence-corrected chi connectivity index (χ0v) is 25.8. The summed E-state index contributed by atoms with van der Waals surface area (Å²) in [5, 5.41) is 10.2. The Morgan fingerprint density at radius 2 is 1.39 bits per heavy atom. The highest BCUT2D eigenvalue weighted by atomic mass is 16.7. The lowest BCUT2D eigenvalue weighted by molar-refractivity contribution is -0.268. The molecule has 5 atom stereocenters. The van der Waals surface area contributed by atoms with Crippen LogP contribution in [0.15, 0.2) is 65.5 Å². The van der Waals surface area contributed by atoms with Gasteiger partial charge in [-0.3, -0.25) is 28.5 Å². The van der Waals surface area contributed by atoms with Gasteiger partial charge in [0, 0.05) is 33.3 Å².